The van der Waals surface area contributed by atoms with E-state index in [-0.39, 0.29) is 30.7 Å². The number of esters is 1. The Balaban J connectivity index is 1.82. The van der Waals surface area contributed by atoms with E-state index in [0.29, 0.717) is 5.56 Å². The molecule has 2 N–H and O–H groups in total. The predicted octanol–water partition coefficient (Wildman–Crippen LogP) is 2.26. The Morgan fingerprint density at radius 3 is 2.45 bits per heavy atom. The number of aliphatic hydroxyl groups excluding tert-OH is 1. The van der Waals surface area contributed by atoms with Crippen molar-refractivity contribution in [2.75, 3.05) is 13.7 Å². The Morgan fingerprint density at radius 2 is 1.83 bits per heavy atom. The van der Waals surface area contributed by atoms with Crippen molar-refractivity contribution in [2.24, 2.45) is 5.92 Å². The third-order valence-electron chi connectivity index (χ3n) is 5.82. The molecule has 29 heavy (non-hydrogen) atoms. The topological polar surface area (TPSA) is 95.9 Å². The lowest BCUT2D eigenvalue weighted by Crippen LogP contribution is -2.55. The van der Waals surface area contributed by atoms with Crippen LogP contribution in [0, 0.1) is 5.92 Å². The van der Waals surface area contributed by atoms with Gasteiger partial charge in [-0.2, -0.15) is 0 Å². The number of β-amino-alcohol motifs (C(OH)–C–C–N with tert-alkyl or cyclic N) is 1. The monoisotopic (exact) mass is 466 g/mol. The number of benzene rings is 1. The summed E-state index contributed by atoms with van der Waals surface area (Å²) >= 11 is 3.35. The Morgan fingerprint density at radius 1 is 1.17 bits per heavy atom. The Labute approximate surface area is 178 Å². The van der Waals surface area contributed by atoms with Crippen molar-refractivity contribution in [3.05, 3.63) is 34.3 Å². The van der Waals surface area contributed by atoms with Crippen LogP contribution in [0.3, 0.4) is 0 Å². The molecular formula is C21H27BrN2O5. The van der Waals surface area contributed by atoms with Crippen LogP contribution in [0.25, 0.3) is 0 Å². The van der Waals surface area contributed by atoms with Crippen LogP contribution in [0.15, 0.2) is 28.7 Å². The number of nitrogens with one attached hydrogen (secondary N) is 1. The Hall–Kier alpha value is -1.93. The highest BCUT2D eigenvalue weighted by molar-refractivity contribution is 9.10. The van der Waals surface area contributed by atoms with E-state index in [2.05, 4.69) is 21.2 Å². The van der Waals surface area contributed by atoms with Gasteiger partial charge in [0.15, 0.2) is 0 Å². The SMILES string of the molecule is COC(=O)[C@@H]1C[C@@H](O)CN1C(=O)C(NC(=O)c1ccc(Br)cc1)C1CCCCC1. The van der Waals surface area contributed by atoms with Gasteiger partial charge in [0.1, 0.15) is 12.1 Å². The number of ether oxygens (including phenoxy) is 1. The first kappa shape index (κ1) is 21.8. The molecule has 1 unspecified atom stereocenters. The molecule has 3 rings (SSSR count). The molecule has 1 aliphatic heterocycles. The minimum atomic E-state index is -0.821. The van der Waals surface area contributed by atoms with E-state index < -0.39 is 24.2 Å². The molecule has 2 aliphatic rings. The van der Waals surface area contributed by atoms with Gasteiger partial charge in [0, 0.05) is 23.0 Å². The van der Waals surface area contributed by atoms with E-state index in [0.717, 1.165) is 36.6 Å². The fourth-order valence-electron chi connectivity index (χ4n) is 4.27. The van der Waals surface area contributed by atoms with E-state index in [1.165, 1.54) is 12.0 Å². The molecule has 1 saturated heterocycles. The fraction of sp³-hybridized carbons (Fsp3) is 0.571. The number of methoxy groups -OCH3 is 1. The van der Waals surface area contributed by atoms with Crippen molar-refractivity contribution >= 4 is 33.7 Å². The first-order valence-corrected chi connectivity index (χ1v) is 10.8. The van der Waals surface area contributed by atoms with Crippen molar-refractivity contribution in [1.29, 1.82) is 0 Å². The van der Waals surface area contributed by atoms with Crippen molar-refractivity contribution in [3.8, 4) is 0 Å². The molecule has 2 amide bonds. The third kappa shape index (κ3) is 5.17. The molecule has 1 aromatic rings. The zero-order valence-electron chi connectivity index (χ0n) is 16.5. The summed E-state index contributed by atoms with van der Waals surface area (Å²) in [6.45, 7) is 0.0655. The number of hydrogen-bond acceptors (Lipinski definition) is 5. The second kappa shape index (κ2) is 9.71. The molecule has 1 saturated carbocycles. The molecular weight excluding hydrogens is 440 g/mol. The van der Waals surface area contributed by atoms with E-state index in [1.807, 2.05) is 0 Å². The maximum Gasteiger partial charge on any atom is 0.328 e. The van der Waals surface area contributed by atoms with Crippen LogP contribution in [-0.4, -0.2) is 59.6 Å². The zero-order chi connectivity index (χ0) is 21.0. The zero-order valence-corrected chi connectivity index (χ0v) is 18.1. The standard InChI is InChI=1S/C21H27BrN2O5/c1-29-21(28)17-11-16(25)12-24(17)20(27)18(13-5-3-2-4-6-13)23-19(26)14-7-9-15(22)10-8-14/h7-10,13,16-18,25H,2-6,11-12H2,1H3,(H,23,26)/t16-,17+,18?/m1/s1. The van der Waals surface area contributed by atoms with Crippen LogP contribution in [0.2, 0.25) is 0 Å². The number of aliphatic hydroxyl groups is 1. The van der Waals surface area contributed by atoms with Crippen LogP contribution in [0.5, 0.6) is 0 Å². The van der Waals surface area contributed by atoms with Gasteiger partial charge in [-0.3, -0.25) is 9.59 Å². The van der Waals surface area contributed by atoms with E-state index >= 15 is 0 Å². The van der Waals surface area contributed by atoms with Crippen molar-refractivity contribution in [2.45, 2.75) is 56.7 Å². The Kier molecular flexibility index (Phi) is 7.29. The first-order valence-electron chi connectivity index (χ1n) is 10.0. The van der Waals surface area contributed by atoms with Gasteiger partial charge in [-0.05, 0) is 43.0 Å². The average Bonchev–Trinajstić information content (AvgIpc) is 3.13. The maximum absolute atomic E-state index is 13.4. The van der Waals surface area contributed by atoms with Crippen molar-refractivity contribution in [1.82, 2.24) is 10.2 Å². The number of carbonyl (C=O) groups is 3. The van der Waals surface area contributed by atoms with Gasteiger partial charge in [0.2, 0.25) is 5.91 Å². The van der Waals surface area contributed by atoms with E-state index in [1.54, 1.807) is 24.3 Å². The van der Waals surface area contributed by atoms with E-state index in [9.17, 15) is 19.5 Å². The molecule has 0 bridgehead atoms. The van der Waals surface area contributed by atoms with Gasteiger partial charge in [0.25, 0.3) is 5.91 Å². The highest BCUT2D eigenvalue weighted by atomic mass is 79.9. The van der Waals surface area contributed by atoms with E-state index in [4.69, 9.17) is 4.74 Å². The van der Waals surface area contributed by atoms with Gasteiger partial charge in [-0.15, -0.1) is 0 Å². The number of rotatable bonds is 5. The predicted molar refractivity (Wildman–Crippen MR) is 110 cm³/mol. The van der Waals surface area contributed by atoms with Crippen LogP contribution in [0.4, 0.5) is 0 Å². The summed E-state index contributed by atoms with van der Waals surface area (Å²) in [6, 6.07) is 5.38. The van der Waals surface area contributed by atoms with Crippen LogP contribution >= 0.6 is 15.9 Å². The van der Waals surface area contributed by atoms with Crippen LogP contribution in [-0.2, 0) is 14.3 Å². The molecule has 0 radical (unpaired) electrons. The molecule has 1 heterocycles. The summed E-state index contributed by atoms with van der Waals surface area (Å²) in [4.78, 5) is 39.8. The molecule has 1 aliphatic carbocycles. The number of hydrogen-bond donors (Lipinski definition) is 2. The minimum absolute atomic E-state index is 0.00619. The van der Waals surface area contributed by atoms with Gasteiger partial charge in [-0.1, -0.05) is 35.2 Å². The summed E-state index contributed by atoms with van der Waals surface area (Å²) in [5, 5.41) is 13.0. The second-order valence-electron chi connectivity index (χ2n) is 7.78. The molecule has 1 aromatic carbocycles. The quantitative estimate of drug-likeness (QED) is 0.648. The smallest absolute Gasteiger partial charge is 0.328 e. The summed E-state index contributed by atoms with van der Waals surface area (Å²) in [6.07, 6.45) is 4.18. The fourth-order valence-corrected chi connectivity index (χ4v) is 4.53. The van der Waals surface area contributed by atoms with Crippen LogP contribution in [0.1, 0.15) is 48.9 Å². The van der Waals surface area contributed by atoms with Gasteiger partial charge >= 0.3 is 5.97 Å². The summed E-state index contributed by atoms with van der Waals surface area (Å²) < 4.78 is 5.68. The van der Waals surface area contributed by atoms with Gasteiger partial charge in [0.05, 0.1) is 13.2 Å². The summed E-state index contributed by atoms with van der Waals surface area (Å²) in [5.74, 6) is -1.19. The number of amides is 2. The molecule has 8 heteroatoms. The molecule has 2 fully saturated rings. The first-order chi connectivity index (χ1) is 13.9. The van der Waals surface area contributed by atoms with Crippen LogP contribution < -0.4 is 5.32 Å². The molecule has 0 spiro atoms. The largest absolute Gasteiger partial charge is 0.467 e. The normalized spacial score (nSPS) is 23.5. The highest BCUT2D eigenvalue weighted by Crippen LogP contribution is 2.30. The third-order valence-corrected chi connectivity index (χ3v) is 6.34. The van der Waals surface area contributed by atoms with Gasteiger partial charge in [-0.25, -0.2) is 4.79 Å². The maximum atomic E-state index is 13.4. The average molecular weight is 467 g/mol. The number of carbonyl (C=O) groups excluding carboxylic acids is 3. The Bertz CT molecular complexity index is 748. The number of halogens is 1. The van der Waals surface area contributed by atoms with Crippen molar-refractivity contribution < 1.29 is 24.2 Å². The second-order valence-corrected chi connectivity index (χ2v) is 8.69. The summed E-state index contributed by atoms with van der Waals surface area (Å²) in [5.41, 5.74) is 0.466. The lowest BCUT2D eigenvalue weighted by molar-refractivity contribution is -0.152. The summed E-state index contributed by atoms with van der Waals surface area (Å²) in [7, 11) is 1.27. The molecule has 7 nitrogen and oxygen atoms in total. The number of likely N-dealkylation sites (tertiary alicyclic amines) is 1. The molecule has 3 atom stereocenters. The lowest BCUT2D eigenvalue weighted by atomic mass is 9.83. The minimum Gasteiger partial charge on any atom is -0.467 e. The lowest BCUT2D eigenvalue weighted by Gasteiger charge is -2.34. The van der Waals surface area contributed by atoms with Crippen molar-refractivity contribution in [3.63, 3.8) is 0 Å². The number of nitrogens with zero attached hydrogens (tertiary/aromatic N) is 1. The van der Waals surface area contributed by atoms with Gasteiger partial charge < -0.3 is 20.1 Å². The molecule has 158 valence electrons. The molecule has 0 aromatic heterocycles. The highest BCUT2D eigenvalue weighted by Gasteiger charge is 2.44.